The molecule has 2 amide bonds. The summed E-state index contributed by atoms with van der Waals surface area (Å²) in [4.78, 5) is 36.7. The molecule has 3 unspecified atom stereocenters. The summed E-state index contributed by atoms with van der Waals surface area (Å²) in [5, 5.41) is 9.19. The number of carbonyl (C=O) groups excluding carboxylic acids is 2. The van der Waals surface area contributed by atoms with E-state index in [2.05, 4.69) is 9.80 Å². The van der Waals surface area contributed by atoms with Gasteiger partial charge in [-0.2, -0.15) is 26.3 Å². The van der Waals surface area contributed by atoms with Crippen molar-refractivity contribution in [2.75, 3.05) is 52.4 Å². The summed E-state index contributed by atoms with van der Waals surface area (Å²) in [7, 11) is 0. The Hall–Kier alpha value is -3.46. The van der Waals surface area contributed by atoms with Gasteiger partial charge in [0.2, 0.25) is 0 Å². The van der Waals surface area contributed by atoms with Gasteiger partial charge in [0.05, 0.1) is 16.0 Å². The van der Waals surface area contributed by atoms with Gasteiger partial charge in [-0.15, -0.1) is 11.3 Å². The fraction of sp³-hybridized carbons (Fsp3) is 0.500. The predicted octanol–water partition coefficient (Wildman–Crippen LogP) is 6.07. The molecule has 7 nitrogen and oxygen atoms in total. The van der Waals surface area contributed by atoms with Crippen molar-refractivity contribution in [2.24, 2.45) is 0 Å². The first-order chi connectivity index (χ1) is 23.8. The lowest BCUT2D eigenvalue weighted by Crippen LogP contribution is -2.58. The molecular formula is C36H40F6N4O3S. The number of benzene rings is 2. The van der Waals surface area contributed by atoms with Gasteiger partial charge in [0.25, 0.3) is 11.8 Å². The third kappa shape index (κ3) is 8.35. The van der Waals surface area contributed by atoms with Gasteiger partial charge in [-0.05, 0) is 61.6 Å². The lowest BCUT2D eigenvalue weighted by Gasteiger charge is -2.47. The zero-order chi connectivity index (χ0) is 35.6. The molecule has 0 radical (unpaired) electrons. The molecule has 3 aliphatic rings. The number of piperazine rings is 1. The quantitative estimate of drug-likeness (QED) is 0.286. The highest BCUT2D eigenvalue weighted by Crippen LogP contribution is 2.37. The maximum Gasteiger partial charge on any atom is 0.416 e. The van der Waals surface area contributed by atoms with E-state index < -0.39 is 41.0 Å². The van der Waals surface area contributed by atoms with Gasteiger partial charge in [-0.1, -0.05) is 30.3 Å². The topological polar surface area (TPSA) is 67.3 Å². The van der Waals surface area contributed by atoms with E-state index in [-0.39, 0.29) is 37.2 Å². The van der Waals surface area contributed by atoms with Crippen molar-refractivity contribution >= 4 is 23.2 Å². The van der Waals surface area contributed by atoms with E-state index in [9.17, 15) is 41.0 Å². The zero-order valence-corrected chi connectivity index (χ0v) is 28.2. The molecule has 3 aromatic rings. The number of amides is 2. The van der Waals surface area contributed by atoms with Crippen LogP contribution in [0.25, 0.3) is 0 Å². The fourth-order valence-corrected chi connectivity index (χ4v) is 8.50. The number of nitrogens with zero attached hydrogens (tertiary/aromatic N) is 4. The summed E-state index contributed by atoms with van der Waals surface area (Å²) in [6.45, 7) is 4.75. The molecule has 6 rings (SSSR count). The van der Waals surface area contributed by atoms with Crippen LogP contribution in [0.1, 0.15) is 60.9 Å². The molecule has 2 aromatic carbocycles. The molecule has 0 saturated carbocycles. The van der Waals surface area contributed by atoms with E-state index in [0.717, 1.165) is 43.0 Å². The lowest BCUT2D eigenvalue weighted by molar-refractivity contribution is -0.143. The van der Waals surface area contributed by atoms with E-state index in [1.807, 2.05) is 47.4 Å². The van der Waals surface area contributed by atoms with Crippen molar-refractivity contribution in [1.82, 2.24) is 19.6 Å². The summed E-state index contributed by atoms with van der Waals surface area (Å²) in [5.74, 6) is -0.816. The molecular weight excluding hydrogens is 682 g/mol. The van der Waals surface area contributed by atoms with Crippen LogP contribution in [0.2, 0.25) is 0 Å². The van der Waals surface area contributed by atoms with Gasteiger partial charge in [0, 0.05) is 87.4 Å². The molecule has 3 aliphatic heterocycles. The number of piperidine rings is 1. The number of likely N-dealkylation sites (tertiary alicyclic amines) is 2. The molecule has 1 N–H and O–H groups in total. The van der Waals surface area contributed by atoms with Crippen LogP contribution in [-0.4, -0.2) is 107 Å². The maximum absolute atomic E-state index is 13.8. The third-order valence-electron chi connectivity index (χ3n) is 10.2. The highest BCUT2D eigenvalue weighted by molar-refractivity contribution is 7.14. The Kier molecular flexibility index (Phi) is 10.9. The van der Waals surface area contributed by atoms with Gasteiger partial charge in [-0.25, -0.2) is 0 Å². The Balaban J connectivity index is 1.11. The van der Waals surface area contributed by atoms with Crippen LogP contribution in [-0.2, 0) is 25.2 Å². The Morgan fingerprint density at radius 2 is 1.38 bits per heavy atom. The molecule has 1 aromatic heterocycles. The lowest BCUT2D eigenvalue weighted by atomic mass is 9.90. The van der Waals surface area contributed by atoms with E-state index in [0.29, 0.717) is 55.8 Å². The van der Waals surface area contributed by atoms with Crippen LogP contribution in [0.5, 0.6) is 0 Å². The van der Waals surface area contributed by atoms with Crippen molar-refractivity contribution in [3.63, 3.8) is 0 Å². The summed E-state index contributed by atoms with van der Waals surface area (Å²) in [6, 6.07) is 14.1. The SMILES string of the molecule is O=C(c1ccc(CCO)s1)N1CCC(N2CCN(C3CCN(C(=O)c4cc(C(F)(F)F)cc(C(F)(F)F)c4)C(Cc4ccccc4)C3)CC2)C1. The second-order valence-electron chi connectivity index (χ2n) is 13.3. The molecule has 4 heterocycles. The molecule has 3 saturated heterocycles. The van der Waals surface area contributed by atoms with Gasteiger partial charge in [0.15, 0.2) is 0 Å². The van der Waals surface area contributed by atoms with Gasteiger partial charge in [0.1, 0.15) is 0 Å². The molecule has 3 atom stereocenters. The average molecular weight is 723 g/mol. The standard InChI is InChI=1S/C36H40F6N4O3S/c37-35(38,39)26-19-25(20-27(21-26)36(40,41)42)33(48)46-12-9-28(22-30(46)18-24-4-2-1-3-5-24)43-13-15-44(16-14-43)29-8-11-45(23-29)34(49)32-7-6-31(50-32)10-17-47/h1-7,19-21,28-30,47H,8-18,22-23H2. The number of hydrogen-bond acceptors (Lipinski definition) is 6. The van der Waals surface area contributed by atoms with Gasteiger partial charge >= 0.3 is 12.4 Å². The van der Waals surface area contributed by atoms with Crippen LogP contribution >= 0.6 is 11.3 Å². The highest BCUT2D eigenvalue weighted by atomic mass is 32.1. The van der Waals surface area contributed by atoms with Gasteiger partial charge < -0.3 is 14.9 Å². The normalized spacial score (nSPS) is 22.7. The molecule has 0 aliphatic carbocycles. The number of aliphatic hydroxyl groups excluding tert-OH is 1. The van der Waals surface area contributed by atoms with Crippen molar-refractivity contribution in [2.45, 2.75) is 62.6 Å². The summed E-state index contributed by atoms with van der Waals surface area (Å²) in [6.07, 6.45) is -7.17. The highest BCUT2D eigenvalue weighted by Gasteiger charge is 2.41. The first-order valence-corrected chi connectivity index (χ1v) is 17.7. The van der Waals surface area contributed by atoms with Crippen LogP contribution in [0.4, 0.5) is 26.3 Å². The van der Waals surface area contributed by atoms with Crippen molar-refractivity contribution in [1.29, 1.82) is 0 Å². The smallest absolute Gasteiger partial charge is 0.396 e. The largest absolute Gasteiger partial charge is 0.416 e. The minimum atomic E-state index is -5.05. The Morgan fingerprint density at radius 3 is 2.00 bits per heavy atom. The first kappa shape index (κ1) is 36.3. The van der Waals surface area contributed by atoms with Crippen LogP contribution in [0, 0.1) is 0 Å². The second-order valence-corrected chi connectivity index (χ2v) is 14.5. The molecule has 0 spiro atoms. The van der Waals surface area contributed by atoms with Crippen LogP contribution < -0.4 is 0 Å². The van der Waals surface area contributed by atoms with E-state index in [1.54, 1.807) is 0 Å². The van der Waals surface area contributed by atoms with Crippen molar-refractivity contribution in [3.8, 4) is 0 Å². The molecule has 50 heavy (non-hydrogen) atoms. The molecule has 270 valence electrons. The number of rotatable bonds is 8. The Morgan fingerprint density at radius 1 is 0.760 bits per heavy atom. The minimum absolute atomic E-state index is 0.0193. The molecule has 3 fully saturated rings. The maximum atomic E-state index is 13.8. The second kappa shape index (κ2) is 15.0. The zero-order valence-electron chi connectivity index (χ0n) is 27.4. The number of thiophene rings is 1. The first-order valence-electron chi connectivity index (χ1n) is 16.9. The van der Waals surface area contributed by atoms with E-state index in [4.69, 9.17) is 0 Å². The summed E-state index contributed by atoms with van der Waals surface area (Å²) < 4.78 is 81.7. The number of halogens is 6. The van der Waals surface area contributed by atoms with Crippen molar-refractivity contribution in [3.05, 3.63) is 92.7 Å². The van der Waals surface area contributed by atoms with E-state index >= 15 is 0 Å². The number of alkyl halides is 6. The van der Waals surface area contributed by atoms with Crippen molar-refractivity contribution < 1.29 is 41.0 Å². The number of carbonyl (C=O) groups is 2. The summed E-state index contributed by atoms with van der Waals surface area (Å²) >= 11 is 1.42. The average Bonchev–Trinajstić information content (AvgIpc) is 3.78. The molecule has 0 bridgehead atoms. The Bertz CT molecular complexity index is 1610. The predicted molar refractivity (Wildman–Crippen MR) is 177 cm³/mol. The third-order valence-corrected chi connectivity index (χ3v) is 11.3. The van der Waals surface area contributed by atoms with Crippen LogP contribution in [0.3, 0.4) is 0 Å². The fourth-order valence-electron chi connectivity index (χ4n) is 7.54. The monoisotopic (exact) mass is 722 g/mol. The summed E-state index contributed by atoms with van der Waals surface area (Å²) in [5.41, 5.74) is -2.70. The Labute approximate surface area is 291 Å². The van der Waals surface area contributed by atoms with Crippen LogP contribution in [0.15, 0.2) is 60.7 Å². The van der Waals surface area contributed by atoms with E-state index in [1.165, 1.54) is 16.2 Å². The van der Waals surface area contributed by atoms with Gasteiger partial charge in [-0.3, -0.25) is 19.4 Å². The number of aliphatic hydroxyl groups is 1. The molecule has 14 heteroatoms. The number of hydrogen-bond donors (Lipinski definition) is 1. The minimum Gasteiger partial charge on any atom is -0.396 e.